The molecule has 4 nitrogen and oxygen atoms in total. The Hall–Kier alpha value is -3.40. The van der Waals surface area contributed by atoms with E-state index in [2.05, 4.69) is 36.4 Å². The highest BCUT2D eigenvalue weighted by atomic mass is 16.1. The second kappa shape index (κ2) is 7.08. The summed E-state index contributed by atoms with van der Waals surface area (Å²) in [6.07, 6.45) is 5.04. The van der Waals surface area contributed by atoms with Crippen molar-refractivity contribution >= 4 is 17.2 Å². The zero-order chi connectivity index (χ0) is 18.8. The van der Waals surface area contributed by atoms with Crippen LogP contribution >= 0.6 is 0 Å². The number of amides is 1. The largest absolute Gasteiger partial charge is 0.322 e. The number of anilines is 1. The topological polar surface area (TPSA) is 46.4 Å². The number of benzene rings is 2. The van der Waals surface area contributed by atoms with Gasteiger partial charge in [-0.3, -0.25) is 4.79 Å². The molecule has 0 aliphatic carbocycles. The van der Waals surface area contributed by atoms with E-state index >= 15 is 0 Å². The molecule has 4 rings (SSSR count). The van der Waals surface area contributed by atoms with Crippen molar-refractivity contribution in [3.05, 3.63) is 89.7 Å². The number of carbonyl (C=O) groups excluding carboxylic acids is 1. The molecule has 2 aromatic carbocycles. The van der Waals surface area contributed by atoms with Gasteiger partial charge in [0.05, 0.1) is 5.69 Å². The summed E-state index contributed by atoms with van der Waals surface area (Å²) >= 11 is 0. The van der Waals surface area contributed by atoms with Crippen molar-refractivity contribution in [2.24, 2.45) is 0 Å². The van der Waals surface area contributed by atoms with Gasteiger partial charge in [-0.1, -0.05) is 37.3 Å². The number of fused-ring (bicyclic) bond motifs is 1. The van der Waals surface area contributed by atoms with Gasteiger partial charge in [0.2, 0.25) is 0 Å². The number of nitrogens with one attached hydrogen (secondary N) is 1. The maximum atomic E-state index is 12.4. The van der Waals surface area contributed by atoms with Crippen LogP contribution in [0, 0.1) is 6.92 Å². The standard InChI is InChI=1S/C23H21N3O/c1-3-17-5-7-19(8-6-17)23(27)24-20-11-9-18(10-12-20)21-15-26-14-16(2)4-13-22(26)25-21/h4-15H,3H2,1-2H3,(H,24,27). The van der Waals surface area contributed by atoms with Crippen molar-refractivity contribution in [2.45, 2.75) is 20.3 Å². The maximum Gasteiger partial charge on any atom is 0.255 e. The molecule has 2 heterocycles. The first-order chi connectivity index (χ1) is 13.1. The third kappa shape index (κ3) is 3.60. The van der Waals surface area contributed by atoms with Gasteiger partial charge in [-0.2, -0.15) is 0 Å². The van der Waals surface area contributed by atoms with Gasteiger partial charge in [-0.25, -0.2) is 4.98 Å². The minimum atomic E-state index is -0.103. The van der Waals surface area contributed by atoms with Crippen molar-refractivity contribution in [1.82, 2.24) is 9.38 Å². The SMILES string of the molecule is CCc1ccc(C(=O)Nc2ccc(-c3cn4cc(C)ccc4n3)cc2)cc1. The number of pyridine rings is 1. The molecule has 0 fully saturated rings. The average molecular weight is 355 g/mol. The van der Waals surface area contributed by atoms with E-state index in [0.717, 1.165) is 29.0 Å². The molecule has 0 unspecified atom stereocenters. The Morgan fingerprint density at radius 1 is 0.963 bits per heavy atom. The molecule has 1 amide bonds. The van der Waals surface area contributed by atoms with Gasteiger partial charge in [0.25, 0.3) is 5.91 Å². The van der Waals surface area contributed by atoms with Crippen LogP contribution < -0.4 is 5.32 Å². The normalized spacial score (nSPS) is 10.9. The summed E-state index contributed by atoms with van der Waals surface area (Å²) < 4.78 is 2.03. The molecule has 0 aliphatic heterocycles. The van der Waals surface area contributed by atoms with Gasteiger partial charge < -0.3 is 9.72 Å². The number of carbonyl (C=O) groups is 1. The second-order valence-electron chi connectivity index (χ2n) is 6.68. The first kappa shape index (κ1) is 17.0. The van der Waals surface area contributed by atoms with Gasteiger partial charge >= 0.3 is 0 Å². The Kier molecular flexibility index (Phi) is 4.47. The van der Waals surface area contributed by atoms with Crippen LogP contribution in [0.25, 0.3) is 16.9 Å². The fraction of sp³-hybridized carbons (Fsp3) is 0.130. The molecule has 27 heavy (non-hydrogen) atoms. The van der Waals surface area contributed by atoms with E-state index in [4.69, 9.17) is 0 Å². The molecule has 134 valence electrons. The van der Waals surface area contributed by atoms with Crippen molar-refractivity contribution in [3.8, 4) is 11.3 Å². The van der Waals surface area contributed by atoms with Crippen LogP contribution in [-0.4, -0.2) is 15.3 Å². The van der Waals surface area contributed by atoms with E-state index < -0.39 is 0 Å². The van der Waals surface area contributed by atoms with Crippen LogP contribution in [0.4, 0.5) is 5.69 Å². The lowest BCUT2D eigenvalue weighted by atomic mass is 10.1. The number of imidazole rings is 1. The summed E-state index contributed by atoms with van der Waals surface area (Å²) in [5, 5.41) is 2.94. The van der Waals surface area contributed by atoms with E-state index in [1.807, 2.05) is 65.2 Å². The van der Waals surface area contributed by atoms with Crippen LogP contribution in [0.3, 0.4) is 0 Å². The molecule has 0 bridgehead atoms. The highest BCUT2D eigenvalue weighted by Gasteiger charge is 2.08. The summed E-state index contributed by atoms with van der Waals surface area (Å²) in [4.78, 5) is 17.0. The second-order valence-corrected chi connectivity index (χ2v) is 6.68. The maximum absolute atomic E-state index is 12.4. The van der Waals surface area contributed by atoms with Gasteiger partial charge in [0.1, 0.15) is 5.65 Å². The van der Waals surface area contributed by atoms with Gasteiger partial charge in [0.15, 0.2) is 0 Å². The molecule has 0 atom stereocenters. The number of hydrogen-bond acceptors (Lipinski definition) is 2. The summed E-state index contributed by atoms with van der Waals surface area (Å²) in [6.45, 7) is 4.16. The third-order valence-corrected chi connectivity index (χ3v) is 4.66. The Morgan fingerprint density at radius 3 is 2.41 bits per heavy atom. The van der Waals surface area contributed by atoms with Crippen LogP contribution in [0.15, 0.2) is 73.1 Å². The molecular formula is C23H21N3O. The zero-order valence-corrected chi connectivity index (χ0v) is 15.4. The Labute approximate surface area is 158 Å². The van der Waals surface area contributed by atoms with Gasteiger partial charge in [-0.15, -0.1) is 0 Å². The first-order valence-electron chi connectivity index (χ1n) is 9.08. The zero-order valence-electron chi connectivity index (χ0n) is 15.4. The van der Waals surface area contributed by atoms with Gasteiger partial charge in [0, 0.05) is 29.2 Å². The van der Waals surface area contributed by atoms with Crippen molar-refractivity contribution in [2.75, 3.05) is 5.32 Å². The number of rotatable bonds is 4. The number of nitrogens with zero attached hydrogens (tertiary/aromatic N) is 2. The number of aromatic nitrogens is 2. The van der Waals surface area contributed by atoms with E-state index in [-0.39, 0.29) is 5.91 Å². The minimum Gasteiger partial charge on any atom is -0.322 e. The quantitative estimate of drug-likeness (QED) is 0.552. The molecule has 0 aliphatic rings. The van der Waals surface area contributed by atoms with Crippen molar-refractivity contribution < 1.29 is 4.79 Å². The van der Waals surface area contributed by atoms with E-state index in [1.165, 1.54) is 11.1 Å². The van der Waals surface area contributed by atoms with Gasteiger partial charge in [-0.05, 0) is 54.8 Å². The molecular weight excluding hydrogens is 334 g/mol. The lowest BCUT2D eigenvalue weighted by molar-refractivity contribution is 0.102. The average Bonchev–Trinajstić information content (AvgIpc) is 3.11. The van der Waals surface area contributed by atoms with Crippen LogP contribution in [0.2, 0.25) is 0 Å². The highest BCUT2D eigenvalue weighted by Crippen LogP contribution is 2.22. The Bertz CT molecular complexity index is 1090. The molecule has 0 saturated heterocycles. The summed E-state index contributed by atoms with van der Waals surface area (Å²) in [5.74, 6) is -0.103. The molecule has 0 spiro atoms. The molecule has 0 radical (unpaired) electrons. The minimum absolute atomic E-state index is 0.103. The first-order valence-corrected chi connectivity index (χ1v) is 9.08. The molecule has 2 aromatic heterocycles. The fourth-order valence-corrected chi connectivity index (χ4v) is 3.06. The van der Waals surface area contributed by atoms with Crippen LogP contribution in [0.1, 0.15) is 28.4 Å². The van der Waals surface area contributed by atoms with Crippen molar-refractivity contribution in [3.63, 3.8) is 0 Å². The fourth-order valence-electron chi connectivity index (χ4n) is 3.06. The predicted octanol–water partition coefficient (Wildman–Crippen LogP) is 5.12. The smallest absolute Gasteiger partial charge is 0.255 e. The summed E-state index contributed by atoms with van der Waals surface area (Å²) in [5.41, 5.74) is 6.68. The lowest BCUT2D eigenvalue weighted by Crippen LogP contribution is -2.11. The monoisotopic (exact) mass is 355 g/mol. The third-order valence-electron chi connectivity index (χ3n) is 4.66. The predicted molar refractivity (Wildman–Crippen MR) is 109 cm³/mol. The van der Waals surface area contributed by atoms with Crippen LogP contribution in [-0.2, 0) is 6.42 Å². The number of aryl methyl sites for hydroxylation is 2. The summed E-state index contributed by atoms with van der Waals surface area (Å²) in [7, 11) is 0. The van der Waals surface area contributed by atoms with Crippen molar-refractivity contribution in [1.29, 1.82) is 0 Å². The van der Waals surface area contributed by atoms with E-state index in [9.17, 15) is 4.79 Å². The molecule has 1 N–H and O–H groups in total. The molecule has 4 heteroatoms. The van der Waals surface area contributed by atoms with E-state index in [1.54, 1.807) is 0 Å². The lowest BCUT2D eigenvalue weighted by Gasteiger charge is -2.06. The Balaban J connectivity index is 1.51. The Morgan fingerprint density at radius 2 is 1.70 bits per heavy atom. The summed E-state index contributed by atoms with van der Waals surface area (Å²) in [6, 6.07) is 19.5. The molecule has 0 saturated carbocycles. The number of hydrogen-bond donors (Lipinski definition) is 1. The molecule has 4 aromatic rings. The van der Waals surface area contributed by atoms with Crippen LogP contribution in [0.5, 0.6) is 0 Å². The highest BCUT2D eigenvalue weighted by molar-refractivity contribution is 6.04. The van der Waals surface area contributed by atoms with E-state index in [0.29, 0.717) is 5.56 Å².